The lowest BCUT2D eigenvalue weighted by Gasteiger charge is -2.19. The number of benzene rings is 4. The van der Waals surface area contributed by atoms with Crippen LogP contribution in [0.2, 0.25) is 5.02 Å². The van der Waals surface area contributed by atoms with E-state index in [2.05, 4.69) is 10.0 Å². The first-order chi connectivity index (χ1) is 17.6. The van der Waals surface area contributed by atoms with Gasteiger partial charge in [0.15, 0.2) is 5.78 Å². The SMILES string of the molecule is O=C(Nc1cccc(S(=O)(=O)Nc2cccc(Cl)c2)c1)c1ccc2c(c1)S(=O)(=O)c1ccccc1C2=O. The van der Waals surface area contributed by atoms with E-state index in [1.807, 2.05) is 0 Å². The van der Waals surface area contributed by atoms with Crippen molar-refractivity contribution in [2.75, 3.05) is 10.0 Å². The van der Waals surface area contributed by atoms with Crippen LogP contribution in [0, 0.1) is 0 Å². The van der Waals surface area contributed by atoms with Crippen LogP contribution in [0.15, 0.2) is 106 Å². The average molecular weight is 553 g/mol. The Morgan fingerprint density at radius 1 is 0.757 bits per heavy atom. The zero-order valence-electron chi connectivity index (χ0n) is 18.8. The van der Waals surface area contributed by atoms with E-state index in [0.717, 1.165) is 6.07 Å². The standard InChI is InChI=1S/C26H17ClN2O6S2/c27-17-5-3-7-19(14-17)29-37(34,35)20-8-4-6-18(15-20)28-26(31)16-11-12-22-24(13-16)36(32,33)23-10-2-1-9-21(23)25(22)30/h1-15,29H,(H,28,31). The molecule has 1 amide bonds. The van der Waals surface area contributed by atoms with Crippen LogP contribution in [-0.2, 0) is 19.9 Å². The van der Waals surface area contributed by atoms with Gasteiger partial charge in [0.1, 0.15) is 0 Å². The van der Waals surface area contributed by atoms with Gasteiger partial charge in [-0.1, -0.05) is 35.9 Å². The Kier molecular flexibility index (Phi) is 6.10. The van der Waals surface area contributed by atoms with Crippen LogP contribution < -0.4 is 10.0 Å². The van der Waals surface area contributed by atoms with Gasteiger partial charge in [-0.15, -0.1) is 0 Å². The molecule has 8 nitrogen and oxygen atoms in total. The maximum Gasteiger partial charge on any atom is 0.261 e. The number of nitrogens with one attached hydrogen (secondary N) is 2. The molecule has 11 heteroatoms. The quantitative estimate of drug-likeness (QED) is 0.323. The van der Waals surface area contributed by atoms with Gasteiger partial charge in [-0.25, -0.2) is 16.8 Å². The number of hydrogen-bond acceptors (Lipinski definition) is 6. The summed E-state index contributed by atoms with van der Waals surface area (Å²) >= 11 is 5.92. The van der Waals surface area contributed by atoms with E-state index >= 15 is 0 Å². The van der Waals surface area contributed by atoms with Gasteiger partial charge in [0, 0.05) is 27.4 Å². The Morgan fingerprint density at radius 3 is 2.24 bits per heavy atom. The molecule has 1 heterocycles. The smallest absolute Gasteiger partial charge is 0.261 e. The molecule has 0 aliphatic carbocycles. The van der Waals surface area contributed by atoms with Crippen molar-refractivity contribution in [2.24, 2.45) is 0 Å². The molecule has 1 aliphatic rings. The van der Waals surface area contributed by atoms with Crippen molar-refractivity contribution in [2.45, 2.75) is 14.7 Å². The largest absolute Gasteiger partial charge is 0.322 e. The second kappa shape index (κ2) is 9.15. The number of halogens is 1. The molecule has 0 spiro atoms. The van der Waals surface area contributed by atoms with Gasteiger partial charge in [-0.2, -0.15) is 0 Å². The number of sulfone groups is 1. The van der Waals surface area contributed by atoms with E-state index in [-0.39, 0.29) is 42.8 Å². The van der Waals surface area contributed by atoms with Gasteiger partial charge in [-0.05, 0) is 66.7 Å². The van der Waals surface area contributed by atoms with Gasteiger partial charge in [0.25, 0.3) is 15.9 Å². The number of ketones is 1. The molecule has 37 heavy (non-hydrogen) atoms. The van der Waals surface area contributed by atoms with Crippen molar-refractivity contribution >= 4 is 54.5 Å². The van der Waals surface area contributed by atoms with E-state index in [1.54, 1.807) is 24.3 Å². The highest BCUT2D eigenvalue weighted by atomic mass is 35.5. The Morgan fingerprint density at radius 2 is 1.46 bits per heavy atom. The summed E-state index contributed by atoms with van der Waals surface area (Å²) in [6.07, 6.45) is 0. The lowest BCUT2D eigenvalue weighted by Crippen LogP contribution is -2.21. The topological polar surface area (TPSA) is 126 Å². The first-order valence-electron chi connectivity index (χ1n) is 10.8. The lowest BCUT2D eigenvalue weighted by atomic mass is 10.0. The van der Waals surface area contributed by atoms with Crippen molar-refractivity contribution in [3.63, 3.8) is 0 Å². The average Bonchev–Trinajstić information content (AvgIpc) is 2.87. The molecule has 0 radical (unpaired) electrons. The minimum atomic E-state index is -4.02. The third-order valence-electron chi connectivity index (χ3n) is 5.68. The van der Waals surface area contributed by atoms with E-state index < -0.39 is 31.6 Å². The van der Waals surface area contributed by atoms with Crippen LogP contribution >= 0.6 is 11.6 Å². The number of hydrogen-bond donors (Lipinski definition) is 2. The molecule has 0 fully saturated rings. The molecule has 5 rings (SSSR count). The molecule has 2 N–H and O–H groups in total. The summed E-state index contributed by atoms with van der Waals surface area (Å²) in [6, 6.07) is 21.5. The van der Waals surface area contributed by atoms with Gasteiger partial charge in [-0.3, -0.25) is 14.3 Å². The van der Waals surface area contributed by atoms with Crippen LogP contribution in [-0.4, -0.2) is 28.5 Å². The highest BCUT2D eigenvalue weighted by Gasteiger charge is 2.35. The monoisotopic (exact) mass is 552 g/mol. The molecule has 1 aliphatic heterocycles. The second-order valence-electron chi connectivity index (χ2n) is 8.14. The number of fused-ring (bicyclic) bond motifs is 2. The van der Waals surface area contributed by atoms with Crippen LogP contribution in [0.4, 0.5) is 11.4 Å². The molecule has 0 saturated heterocycles. The minimum absolute atomic E-state index is 0.0141. The number of carbonyl (C=O) groups excluding carboxylic acids is 2. The number of anilines is 2. The molecule has 0 bridgehead atoms. The fourth-order valence-electron chi connectivity index (χ4n) is 3.94. The number of amides is 1. The molecule has 0 unspecified atom stereocenters. The van der Waals surface area contributed by atoms with Crippen molar-refractivity contribution in [3.8, 4) is 0 Å². The van der Waals surface area contributed by atoms with Crippen LogP contribution in [0.5, 0.6) is 0 Å². The molecule has 4 aromatic rings. The summed E-state index contributed by atoms with van der Waals surface area (Å²) in [5.41, 5.74) is 0.487. The van der Waals surface area contributed by atoms with Gasteiger partial charge in [0.05, 0.1) is 20.4 Å². The van der Waals surface area contributed by atoms with Crippen molar-refractivity contribution < 1.29 is 26.4 Å². The van der Waals surface area contributed by atoms with Crippen molar-refractivity contribution in [1.29, 1.82) is 0 Å². The minimum Gasteiger partial charge on any atom is -0.322 e. The fraction of sp³-hybridized carbons (Fsp3) is 0. The summed E-state index contributed by atoms with van der Waals surface area (Å²) in [6.45, 7) is 0. The maximum absolute atomic E-state index is 13.1. The van der Waals surface area contributed by atoms with Crippen molar-refractivity contribution in [1.82, 2.24) is 0 Å². The molecule has 0 aromatic heterocycles. The zero-order chi connectivity index (χ0) is 26.4. The van der Waals surface area contributed by atoms with Gasteiger partial charge < -0.3 is 5.32 Å². The highest BCUT2D eigenvalue weighted by Crippen LogP contribution is 2.35. The predicted molar refractivity (Wildman–Crippen MR) is 138 cm³/mol. The number of carbonyl (C=O) groups is 2. The third-order valence-corrected chi connectivity index (χ3v) is 9.14. The summed E-state index contributed by atoms with van der Waals surface area (Å²) < 4.78 is 54.3. The molecule has 0 saturated carbocycles. The van der Waals surface area contributed by atoms with E-state index in [4.69, 9.17) is 11.6 Å². The number of rotatable bonds is 5. The van der Waals surface area contributed by atoms with Crippen molar-refractivity contribution in [3.05, 3.63) is 113 Å². The summed E-state index contributed by atoms with van der Waals surface area (Å²) in [5.74, 6) is -1.13. The highest BCUT2D eigenvalue weighted by molar-refractivity contribution is 7.92. The van der Waals surface area contributed by atoms with E-state index in [0.29, 0.717) is 5.02 Å². The lowest BCUT2D eigenvalue weighted by molar-refractivity contribution is 0.101. The zero-order valence-corrected chi connectivity index (χ0v) is 21.2. The van der Waals surface area contributed by atoms with Gasteiger partial charge >= 0.3 is 0 Å². The first kappa shape index (κ1) is 24.7. The summed E-state index contributed by atoms with van der Waals surface area (Å²) in [5, 5.41) is 2.94. The Bertz CT molecular complexity index is 1820. The predicted octanol–water partition coefficient (Wildman–Crippen LogP) is 4.77. The normalized spacial score (nSPS) is 13.8. The molecule has 0 atom stereocenters. The molecular weight excluding hydrogens is 536 g/mol. The Hall–Kier alpha value is -3.99. The van der Waals surface area contributed by atoms with E-state index in [1.165, 1.54) is 60.7 Å². The number of sulfonamides is 1. The second-order valence-corrected chi connectivity index (χ2v) is 12.1. The Balaban J connectivity index is 1.42. The third kappa shape index (κ3) is 4.62. The van der Waals surface area contributed by atoms with E-state index in [9.17, 15) is 26.4 Å². The fourth-order valence-corrected chi connectivity index (χ4v) is 6.90. The first-order valence-corrected chi connectivity index (χ1v) is 14.1. The summed E-state index contributed by atoms with van der Waals surface area (Å²) in [7, 11) is -8.01. The molecular formula is C26H17ClN2O6S2. The van der Waals surface area contributed by atoms with Gasteiger partial charge in [0.2, 0.25) is 9.84 Å². The van der Waals surface area contributed by atoms with Crippen LogP contribution in [0.1, 0.15) is 26.3 Å². The molecule has 186 valence electrons. The van der Waals surface area contributed by atoms with Crippen LogP contribution in [0.25, 0.3) is 0 Å². The molecule has 4 aromatic carbocycles. The van der Waals surface area contributed by atoms with Crippen LogP contribution in [0.3, 0.4) is 0 Å². The maximum atomic E-state index is 13.1. The summed E-state index contributed by atoms with van der Waals surface area (Å²) in [4.78, 5) is 25.3. The Labute approximate surface area is 217 Å².